The summed E-state index contributed by atoms with van der Waals surface area (Å²) in [5, 5.41) is 15.4. The molecule has 2 aromatic rings. The van der Waals surface area contributed by atoms with Crippen molar-refractivity contribution in [3.63, 3.8) is 0 Å². The fourth-order valence-electron chi connectivity index (χ4n) is 1.79. The molecule has 0 atom stereocenters. The van der Waals surface area contributed by atoms with Gasteiger partial charge in [0.15, 0.2) is 0 Å². The highest BCUT2D eigenvalue weighted by atomic mass is 16.3. The monoisotopic (exact) mass is 274 g/mol. The molecule has 0 unspecified atom stereocenters. The highest BCUT2D eigenvalue weighted by molar-refractivity contribution is 6.00. The maximum atomic E-state index is 11.7. The van der Waals surface area contributed by atoms with Crippen LogP contribution in [0.5, 0.6) is 5.88 Å². The lowest BCUT2D eigenvalue weighted by atomic mass is 10.2. The zero-order chi connectivity index (χ0) is 14.7. The van der Waals surface area contributed by atoms with Crippen LogP contribution in [-0.2, 0) is 0 Å². The van der Waals surface area contributed by atoms with Crippen LogP contribution in [0.3, 0.4) is 0 Å². The largest absolute Gasteiger partial charge is 0.494 e. The molecule has 0 aliphatic rings. The van der Waals surface area contributed by atoms with Crippen LogP contribution in [0, 0.1) is 0 Å². The van der Waals surface area contributed by atoms with Crippen molar-refractivity contribution in [3.8, 4) is 5.88 Å². The number of H-pyrrole nitrogens is 2. The molecule has 104 valence electrons. The van der Waals surface area contributed by atoms with Crippen LogP contribution in [0.1, 0.15) is 12.5 Å². The number of hydrazone groups is 1. The number of aromatic amines is 2. The molecule has 0 aliphatic heterocycles. The second-order valence-corrected chi connectivity index (χ2v) is 4.18. The molecule has 7 heteroatoms. The first kappa shape index (κ1) is 13.6. The van der Waals surface area contributed by atoms with Crippen molar-refractivity contribution < 1.29 is 5.11 Å². The fraction of sp³-hybridized carbons (Fsp3) is 0.154. The molecule has 0 aliphatic carbocycles. The van der Waals surface area contributed by atoms with Gasteiger partial charge >= 0.3 is 5.69 Å². The SMILES string of the molecule is C/C(=N\N(C)c1ccccc1)c1c(O)[nH]c(=O)[nH]c1=O. The number of rotatable bonds is 3. The number of hydrogen-bond donors (Lipinski definition) is 3. The van der Waals surface area contributed by atoms with E-state index in [1.54, 1.807) is 19.0 Å². The van der Waals surface area contributed by atoms with Crippen LogP contribution < -0.4 is 16.3 Å². The van der Waals surface area contributed by atoms with Gasteiger partial charge in [-0.1, -0.05) is 18.2 Å². The molecule has 0 spiro atoms. The number of aromatic hydroxyl groups is 1. The van der Waals surface area contributed by atoms with Gasteiger partial charge in [0, 0.05) is 7.05 Å². The van der Waals surface area contributed by atoms with Gasteiger partial charge in [-0.25, -0.2) is 4.79 Å². The second kappa shape index (κ2) is 5.43. The van der Waals surface area contributed by atoms with Crippen molar-refractivity contribution >= 4 is 11.4 Å². The van der Waals surface area contributed by atoms with E-state index >= 15 is 0 Å². The number of para-hydroxylation sites is 1. The van der Waals surface area contributed by atoms with Gasteiger partial charge < -0.3 is 5.11 Å². The van der Waals surface area contributed by atoms with Crippen LogP contribution in [0.25, 0.3) is 0 Å². The predicted molar refractivity (Wildman–Crippen MR) is 76.4 cm³/mol. The first-order chi connectivity index (χ1) is 9.49. The smallest absolute Gasteiger partial charge is 0.328 e. The van der Waals surface area contributed by atoms with Crippen molar-refractivity contribution in [3.05, 3.63) is 56.7 Å². The lowest BCUT2D eigenvalue weighted by Crippen LogP contribution is -2.28. The van der Waals surface area contributed by atoms with Crippen molar-refractivity contribution in [2.45, 2.75) is 6.92 Å². The Morgan fingerprint density at radius 2 is 1.85 bits per heavy atom. The van der Waals surface area contributed by atoms with Crippen LogP contribution in [0.2, 0.25) is 0 Å². The van der Waals surface area contributed by atoms with E-state index in [9.17, 15) is 14.7 Å². The summed E-state index contributed by atoms with van der Waals surface area (Å²) in [7, 11) is 1.72. The van der Waals surface area contributed by atoms with Gasteiger partial charge in [0.25, 0.3) is 5.56 Å². The molecule has 0 fully saturated rings. The molecule has 0 saturated carbocycles. The molecule has 1 aromatic heterocycles. The van der Waals surface area contributed by atoms with E-state index in [1.807, 2.05) is 35.3 Å². The highest BCUT2D eigenvalue weighted by Crippen LogP contribution is 2.13. The number of benzene rings is 1. The zero-order valence-electron chi connectivity index (χ0n) is 11.0. The van der Waals surface area contributed by atoms with Crippen molar-refractivity contribution in [2.24, 2.45) is 5.10 Å². The maximum Gasteiger partial charge on any atom is 0.328 e. The van der Waals surface area contributed by atoms with Gasteiger partial charge in [-0.2, -0.15) is 5.10 Å². The normalized spacial score (nSPS) is 11.4. The lowest BCUT2D eigenvalue weighted by molar-refractivity contribution is 0.447. The van der Waals surface area contributed by atoms with E-state index in [4.69, 9.17) is 0 Å². The molecule has 20 heavy (non-hydrogen) atoms. The Labute approximate surface area is 114 Å². The van der Waals surface area contributed by atoms with E-state index in [0.717, 1.165) is 5.69 Å². The molecule has 1 aromatic carbocycles. The molecular formula is C13H14N4O3. The first-order valence-electron chi connectivity index (χ1n) is 5.89. The molecule has 7 nitrogen and oxygen atoms in total. The van der Waals surface area contributed by atoms with E-state index in [1.165, 1.54) is 0 Å². The third-order valence-corrected chi connectivity index (χ3v) is 2.71. The Kier molecular flexibility index (Phi) is 3.69. The van der Waals surface area contributed by atoms with Crippen LogP contribution in [-0.4, -0.2) is 27.8 Å². The van der Waals surface area contributed by atoms with Crippen molar-refractivity contribution in [2.75, 3.05) is 12.1 Å². The molecule has 0 bridgehead atoms. The van der Waals surface area contributed by atoms with E-state index in [0.29, 0.717) is 0 Å². The number of nitrogens with zero attached hydrogens (tertiary/aromatic N) is 2. The third-order valence-electron chi connectivity index (χ3n) is 2.71. The number of aromatic nitrogens is 2. The third kappa shape index (κ3) is 2.77. The topological polar surface area (TPSA) is 102 Å². The van der Waals surface area contributed by atoms with Gasteiger partial charge in [0.1, 0.15) is 5.56 Å². The first-order valence-corrected chi connectivity index (χ1v) is 5.89. The molecule has 0 saturated heterocycles. The standard InChI is InChI=1S/C13H14N4O3/c1-8(10-11(18)14-13(20)15-12(10)19)16-17(2)9-6-4-3-5-7-9/h3-7H,1-2H3,(H3,14,15,18,19,20)/b16-8+. The van der Waals surface area contributed by atoms with Crippen molar-refractivity contribution in [1.29, 1.82) is 0 Å². The summed E-state index contributed by atoms with van der Waals surface area (Å²) in [6.45, 7) is 1.57. The average Bonchev–Trinajstić information content (AvgIpc) is 2.38. The van der Waals surface area contributed by atoms with Gasteiger partial charge in [-0.15, -0.1) is 0 Å². The Balaban J connectivity index is 2.42. The molecule has 1 heterocycles. The van der Waals surface area contributed by atoms with Crippen molar-refractivity contribution in [1.82, 2.24) is 9.97 Å². The fourth-order valence-corrected chi connectivity index (χ4v) is 1.79. The van der Waals surface area contributed by atoms with Gasteiger partial charge in [-0.05, 0) is 19.1 Å². The summed E-state index contributed by atoms with van der Waals surface area (Å²) in [5.41, 5.74) is -0.402. The minimum absolute atomic E-state index is 0.0626. The quantitative estimate of drug-likeness (QED) is 0.564. The van der Waals surface area contributed by atoms with E-state index < -0.39 is 17.1 Å². The average molecular weight is 274 g/mol. The van der Waals surface area contributed by atoms with Crippen LogP contribution in [0.15, 0.2) is 45.0 Å². The molecule has 2 rings (SSSR count). The van der Waals surface area contributed by atoms with Gasteiger partial charge in [-0.3, -0.25) is 19.8 Å². The number of hydrogen-bond acceptors (Lipinski definition) is 5. The second-order valence-electron chi connectivity index (χ2n) is 4.18. The summed E-state index contributed by atoms with van der Waals surface area (Å²) in [6.07, 6.45) is 0. The zero-order valence-corrected chi connectivity index (χ0v) is 11.0. The van der Waals surface area contributed by atoms with Crippen LogP contribution in [0.4, 0.5) is 5.69 Å². The van der Waals surface area contributed by atoms with Gasteiger partial charge in [0.2, 0.25) is 5.88 Å². The van der Waals surface area contributed by atoms with E-state index in [2.05, 4.69) is 10.1 Å². The molecular weight excluding hydrogens is 260 g/mol. The summed E-state index contributed by atoms with van der Waals surface area (Å²) in [4.78, 5) is 26.9. The maximum absolute atomic E-state index is 11.7. The highest BCUT2D eigenvalue weighted by Gasteiger charge is 2.12. The van der Waals surface area contributed by atoms with Crippen LogP contribution >= 0.6 is 0 Å². The number of anilines is 1. The molecule has 0 radical (unpaired) electrons. The molecule has 0 amide bonds. The predicted octanol–water partition coefficient (Wildman–Crippen LogP) is 0.629. The Morgan fingerprint density at radius 3 is 2.45 bits per heavy atom. The molecule has 3 N–H and O–H groups in total. The summed E-state index contributed by atoms with van der Waals surface area (Å²) in [5.74, 6) is -0.499. The Hall–Kier alpha value is -2.83. The lowest BCUT2D eigenvalue weighted by Gasteiger charge is -2.14. The minimum atomic E-state index is -0.763. The summed E-state index contributed by atoms with van der Waals surface area (Å²) < 4.78 is 0. The minimum Gasteiger partial charge on any atom is -0.494 e. The Morgan fingerprint density at radius 1 is 1.20 bits per heavy atom. The Bertz CT molecular complexity index is 746. The van der Waals surface area contributed by atoms with Gasteiger partial charge in [0.05, 0.1) is 11.4 Å². The number of nitrogens with one attached hydrogen (secondary N) is 2. The summed E-state index contributed by atoms with van der Waals surface area (Å²) in [6, 6.07) is 9.32. The summed E-state index contributed by atoms with van der Waals surface area (Å²) >= 11 is 0. The van der Waals surface area contributed by atoms with E-state index in [-0.39, 0.29) is 11.3 Å².